The zero-order chi connectivity index (χ0) is 21.2. The van der Waals surface area contributed by atoms with Gasteiger partial charge in [-0.3, -0.25) is 9.59 Å². The first kappa shape index (κ1) is 21.0. The van der Waals surface area contributed by atoms with Crippen LogP contribution in [-0.4, -0.2) is 32.0 Å². The van der Waals surface area contributed by atoms with E-state index in [1.807, 2.05) is 6.92 Å². The Morgan fingerprint density at radius 3 is 2.62 bits per heavy atom. The van der Waals surface area contributed by atoms with E-state index in [4.69, 9.17) is 0 Å². The minimum atomic E-state index is -3.70. The first-order valence-electron chi connectivity index (χ1n) is 9.45. The van der Waals surface area contributed by atoms with Crippen LogP contribution in [0.2, 0.25) is 0 Å². The second kappa shape index (κ2) is 8.32. The molecule has 154 valence electrons. The summed E-state index contributed by atoms with van der Waals surface area (Å²) in [5.41, 5.74) is 1.55. The van der Waals surface area contributed by atoms with Crippen molar-refractivity contribution in [3.8, 4) is 0 Å². The molecule has 1 heterocycles. The Bertz CT molecular complexity index is 1050. The number of halogens is 1. The average Bonchev–Trinajstić information content (AvgIpc) is 3.02. The first-order valence-corrected chi connectivity index (χ1v) is 11.1. The fourth-order valence-corrected chi connectivity index (χ4v) is 4.76. The van der Waals surface area contributed by atoms with Crippen LogP contribution in [0.25, 0.3) is 0 Å². The molecule has 3 rings (SSSR count). The SMILES string of the molecule is CCC(=O)N1c2ccc(S(=O)(=O)CCC(=O)Nc3ccccc3F)cc2CC1C. The van der Waals surface area contributed by atoms with Crippen molar-refractivity contribution in [2.75, 3.05) is 16.0 Å². The molecule has 2 aromatic carbocycles. The highest BCUT2D eigenvalue weighted by Crippen LogP contribution is 2.34. The van der Waals surface area contributed by atoms with Gasteiger partial charge in [0.15, 0.2) is 9.84 Å². The number of amides is 2. The number of hydrogen-bond donors (Lipinski definition) is 1. The summed E-state index contributed by atoms with van der Waals surface area (Å²) >= 11 is 0. The predicted molar refractivity (Wildman–Crippen MR) is 109 cm³/mol. The number of anilines is 2. The number of nitrogens with one attached hydrogen (secondary N) is 1. The Morgan fingerprint density at radius 1 is 1.21 bits per heavy atom. The van der Waals surface area contributed by atoms with Crippen LogP contribution in [0.5, 0.6) is 0 Å². The molecule has 0 saturated carbocycles. The summed E-state index contributed by atoms with van der Waals surface area (Å²) in [6.45, 7) is 3.72. The molecule has 1 aliphatic heterocycles. The van der Waals surface area contributed by atoms with E-state index < -0.39 is 21.6 Å². The van der Waals surface area contributed by atoms with Gasteiger partial charge in [0.2, 0.25) is 11.8 Å². The number of benzene rings is 2. The molecule has 0 fully saturated rings. The lowest BCUT2D eigenvalue weighted by Crippen LogP contribution is -2.35. The molecule has 8 heteroatoms. The van der Waals surface area contributed by atoms with Crippen molar-refractivity contribution in [1.29, 1.82) is 0 Å². The van der Waals surface area contributed by atoms with E-state index in [2.05, 4.69) is 5.32 Å². The standard InChI is InChI=1S/C21H23FN2O4S/c1-3-21(26)24-14(2)12-15-13-16(8-9-19(15)24)29(27,28)11-10-20(25)23-18-7-5-4-6-17(18)22/h4-9,13-14H,3,10-12H2,1-2H3,(H,23,25). The molecule has 0 aliphatic carbocycles. The lowest BCUT2D eigenvalue weighted by molar-refractivity contribution is -0.118. The average molecular weight is 418 g/mol. The third-order valence-corrected chi connectivity index (χ3v) is 6.66. The van der Waals surface area contributed by atoms with Gasteiger partial charge in [0.1, 0.15) is 5.82 Å². The Hall–Kier alpha value is -2.74. The van der Waals surface area contributed by atoms with E-state index in [1.165, 1.54) is 24.3 Å². The van der Waals surface area contributed by atoms with Crippen LogP contribution in [0.4, 0.5) is 15.8 Å². The third-order valence-electron chi connectivity index (χ3n) is 4.94. The summed E-state index contributed by atoms with van der Waals surface area (Å²) in [6.07, 6.45) is 0.670. The van der Waals surface area contributed by atoms with Gasteiger partial charge in [-0.1, -0.05) is 19.1 Å². The van der Waals surface area contributed by atoms with Crippen LogP contribution in [0.3, 0.4) is 0 Å². The molecular weight excluding hydrogens is 395 g/mol. The fourth-order valence-electron chi connectivity index (χ4n) is 3.47. The third kappa shape index (κ3) is 4.48. The summed E-state index contributed by atoms with van der Waals surface area (Å²) in [6, 6.07) is 10.4. The maximum Gasteiger partial charge on any atom is 0.226 e. The number of carbonyl (C=O) groups excluding carboxylic acids is 2. The second-order valence-electron chi connectivity index (χ2n) is 7.06. The summed E-state index contributed by atoms with van der Waals surface area (Å²) in [4.78, 5) is 26.0. The van der Waals surface area contributed by atoms with Crippen molar-refractivity contribution in [1.82, 2.24) is 0 Å². The Morgan fingerprint density at radius 2 is 1.93 bits per heavy atom. The smallest absolute Gasteiger partial charge is 0.226 e. The van der Waals surface area contributed by atoms with Crippen LogP contribution in [0.15, 0.2) is 47.4 Å². The Labute approximate surface area is 169 Å². The maximum absolute atomic E-state index is 13.6. The van der Waals surface area contributed by atoms with Gasteiger partial charge in [-0.15, -0.1) is 0 Å². The van der Waals surface area contributed by atoms with Crippen molar-refractivity contribution in [2.24, 2.45) is 0 Å². The lowest BCUT2D eigenvalue weighted by Gasteiger charge is -2.22. The number of para-hydroxylation sites is 1. The van der Waals surface area contributed by atoms with E-state index in [9.17, 15) is 22.4 Å². The molecule has 0 saturated heterocycles. The molecule has 2 amide bonds. The van der Waals surface area contributed by atoms with E-state index >= 15 is 0 Å². The molecule has 0 bridgehead atoms. The summed E-state index contributed by atoms with van der Waals surface area (Å²) in [5, 5.41) is 2.38. The van der Waals surface area contributed by atoms with E-state index in [0.717, 1.165) is 11.3 Å². The fraction of sp³-hybridized carbons (Fsp3) is 0.333. The molecule has 1 unspecified atom stereocenters. The normalized spacial score (nSPS) is 15.8. The minimum Gasteiger partial charge on any atom is -0.324 e. The number of hydrogen-bond acceptors (Lipinski definition) is 4. The van der Waals surface area contributed by atoms with Gasteiger partial charge >= 0.3 is 0 Å². The van der Waals surface area contributed by atoms with Gasteiger partial charge < -0.3 is 10.2 Å². The number of fused-ring (bicyclic) bond motifs is 1. The quantitative estimate of drug-likeness (QED) is 0.780. The van der Waals surface area contributed by atoms with Crippen molar-refractivity contribution in [2.45, 2.75) is 44.0 Å². The highest BCUT2D eigenvalue weighted by Gasteiger charge is 2.31. The van der Waals surface area contributed by atoms with Crippen molar-refractivity contribution in [3.63, 3.8) is 0 Å². The summed E-state index contributed by atoms with van der Waals surface area (Å²) in [5.74, 6) is -1.55. The lowest BCUT2D eigenvalue weighted by atomic mass is 10.1. The number of carbonyl (C=O) groups is 2. The minimum absolute atomic E-state index is 0.00308. The van der Waals surface area contributed by atoms with Crippen molar-refractivity contribution in [3.05, 3.63) is 53.8 Å². The topological polar surface area (TPSA) is 83.6 Å². The molecule has 0 radical (unpaired) electrons. The molecule has 0 spiro atoms. The molecule has 2 aromatic rings. The van der Waals surface area contributed by atoms with Crippen molar-refractivity contribution >= 4 is 33.0 Å². The molecule has 1 N–H and O–H groups in total. The molecule has 1 aliphatic rings. The van der Waals surface area contributed by atoms with Gasteiger partial charge in [-0.2, -0.15) is 0 Å². The largest absolute Gasteiger partial charge is 0.324 e. The second-order valence-corrected chi connectivity index (χ2v) is 9.17. The highest BCUT2D eigenvalue weighted by molar-refractivity contribution is 7.91. The van der Waals surface area contributed by atoms with Crippen LogP contribution in [0.1, 0.15) is 32.3 Å². The molecule has 0 aromatic heterocycles. The maximum atomic E-state index is 13.6. The zero-order valence-corrected chi connectivity index (χ0v) is 17.1. The molecule has 29 heavy (non-hydrogen) atoms. The van der Waals surface area contributed by atoms with Crippen LogP contribution in [-0.2, 0) is 25.8 Å². The number of sulfone groups is 1. The summed E-state index contributed by atoms with van der Waals surface area (Å²) in [7, 11) is -3.70. The van der Waals surface area contributed by atoms with Gasteiger partial charge in [0.25, 0.3) is 0 Å². The van der Waals surface area contributed by atoms with Gasteiger partial charge in [0.05, 0.1) is 16.3 Å². The van der Waals surface area contributed by atoms with Crippen molar-refractivity contribution < 1.29 is 22.4 Å². The highest BCUT2D eigenvalue weighted by atomic mass is 32.2. The first-order chi connectivity index (χ1) is 13.7. The van der Waals surface area contributed by atoms with Gasteiger partial charge in [-0.25, -0.2) is 12.8 Å². The van der Waals surface area contributed by atoms with Gasteiger partial charge in [0, 0.05) is 24.6 Å². The molecule has 6 nitrogen and oxygen atoms in total. The van der Waals surface area contributed by atoms with Crippen LogP contribution in [0, 0.1) is 5.82 Å². The predicted octanol–water partition coefficient (Wildman–Crippen LogP) is 3.32. The van der Waals surface area contributed by atoms with Crippen LogP contribution < -0.4 is 10.2 Å². The summed E-state index contributed by atoms with van der Waals surface area (Å²) < 4.78 is 38.9. The molecule has 1 atom stereocenters. The number of rotatable bonds is 6. The Kier molecular flexibility index (Phi) is 6.02. The van der Waals surface area contributed by atoms with E-state index in [-0.39, 0.29) is 34.7 Å². The zero-order valence-electron chi connectivity index (χ0n) is 16.3. The van der Waals surface area contributed by atoms with Crippen LogP contribution >= 0.6 is 0 Å². The van der Waals surface area contributed by atoms with Gasteiger partial charge in [-0.05, 0) is 49.2 Å². The monoisotopic (exact) mass is 418 g/mol. The van der Waals surface area contributed by atoms with E-state index in [0.29, 0.717) is 12.8 Å². The number of nitrogens with zero attached hydrogens (tertiary/aromatic N) is 1. The van der Waals surface area contributed by atoms with E-state index in [1.54, 1.807) is 30.0 Å². The Balaban J connectivity index is 1.71. The molecular formula is C21H23FN2O4S.